The van der Waals surface area contributed by atoms with Gasteiger partial charge in [0.25, 0.3) is 0 Å². The van der Waals surface area contributed by atoms with Gasteiger partial charge in [-0.25, -0.2) is 9.97 Å². The van der Waals surface area contributed by atoms with E-state index in [0.29, 0.717) is 13.1 Å². The Balaban J connectivity index is 1.40. The molecule has 0 aliphatic carbocycles. The highest BCUT2D eigenvalue weighted by Crippen LogP contribution is 2.18. The second kappa shape index (κ2) is 8.08. The minimum absolute atomic E-state index is 0.0513. The smallest absolute Gasteiger partial charge is 0.246 e. The zero-order valence-corrected chi connectivity index (χ0v) is 15.9. The Labute approximate surface area is 164 Å². The molecule has 1 aromatic carbocycles. The Morgan fingerprint density at radius 2 is 1.61 bits per heavy atom. The van der Waals surface area contributed by atoms with E-state index in [1.165, 1.54) is 0 Å². The van der Waals surface area contributed by atoms with Crippen LogP contribution in [0.2, 0.25) is 0 Å². The van der Waals surface area contributed by atoms with Crippen LogP contribution < -0.4 is 4.90 Å². The molecule has 0 bridgehead atoms. The van der Waals surface area contributed by atoms with Crippen LogP contribution in [0.25, 0.3) is 11.9 Å². The first kappa shape index (κ1) is 18.0. The Hall–Kier alpha value is -3.41. The average molecular weight is 373 g/mol. The van der Waals surface area contributed by atoms with Crippen molar-refractivity contribution < 1.29 is 4.79 Å². The minimum atomic E-state index is 0.0513. The first-order chi connectivity index (χ1) is 13.7. The summed E-state index contributed by atoms with van der Waals surface area (Å²) in [6.45, 7) is 4.78. The standard InChI is InChI=1S/C22H23N5O/c1-18-23-20(25-11-5-6-12-25)17-21(24-18)26-13-15-27(16-14-26)22(28)10-9-19-7-3-2-4-8-19/h2-12,17H,13-16H2,1H3/b10-9+. The number of piperazine rings is 1. The van der Waals surface area contributed by atoms with Crippen molar-refractivity contribution in [2.75, 3.05) is 31.1 Å². The Morgan fingerprint density at radius 3 is 2.32 bits per heavy atom. The number of anilines is 1. The van der Waals surface area contributed by atoms with Crippen molar-refractivity contribution in [1.29, 1.82) is 0 Å². The summed E-state index contributed by atoms with van der Waals surface area (Å²) in [5.41, 5.74) is 1.03. The summed E-state index contributed by atoms with van der Waals surface area (Å²) < 4.78 is 1.98. The molecule has 0 saturated carbocycles. The molecular weight excluding hydrogens is 350 g/mol. The number of carbonyl (C=O) groups is 1. The van der Waals surface area contributed by atoms with Crippen LogP contribution in [-0.4, -0.2) is 51.5 Å². The van der Waals surface area contributed by atoms with Gasteiger partial charge in [0.1, 0.15) is 17.5 Å². The lowest BCUT2D eigenvalue weighted by Gasteiger charge is -2.35. The van der Waals surface area contributed by atoms with Gasteiger partial charge >= 0.3 is 0 Å². The normalized spacial score (nSPS) is 14.6. The number of aryl methyl sites for hydroxylation is 1. The second-order valence-corrected chi connectivity index (χ2v) is 6.78. The Morgan fingerprint density at radius 1 is 0.929 bits per heavy atom. The molecule has 1 aliphatic rings. The van der Waals surface area contributed by atoms with Gasteiger partial charge < -0.3 is 14.4 Å². The van der Waals surface area contributed by atoms with Crippen molar-refractivity contribution in [1.82, 2.24) is 19.4 Å². The van der Waals surface area contributed by atoms with Gasteiger partial charge in [-0.2, -0.15) is 0 Å². The second-order valence-electron chi connectivity index (χ2n) is 6.78. The highest BCUT2D eigenvalue weighted by Gasteiger charge is 2.21. The number of nitrogens with zero attached hydrogens (tertiary/aromatic N) is 5. The van der Waals surface area contributed by atoms with Crippen molar-refractivity contribution >= 4 is 17.8 Å². The number of aromatic nitrogens is 3. The molecule has 6 nitrogen and oxygen atoms in total. The van der Waals surface area contributed by atoms with E-state index in [0.717, 1.165) is 36.1 Å². The summed E-state index contributed by atoms with van der Waals surface area (Å²) in [5, 5.41) is 0. The lowest BCUT2D eigenvalue weighted by molar-refractivity contribution is -0.126. The number of hydrogen-bond acceptors (Lipinski definition) is 4. The summed E-state index contributed by atoms with van der Waals surface area (Å²) in [5.74, 6) is 2.56. The van der Waals surface area contributed by atoms with Crippen LogP contribution in [0.4, 0.5) is 5.82 Å². The van der Waals surface area contributed by atoms with Gasteiger partial charge in [-0.15, -0.1) is 0 Å². The van der Waals surface area contributed by atoms with E-state index in [1.54, 1.807) is 6.08 Å². The van der Waals surface area contributed by atoms with Gasteiger partial charge in [0.2, 0.25) is 5.91 Å². The molecule has 3 aromatic rings. The molecule has 0 unspecified atom stereocenters. The highest BCUT2D eigenvalue weighted by atomic mass is 16.2. The van der Waals surface area contributed by atoms with Gasteiger partial charge in [0, 0.05) is 50.7 Å². The van der Waals surface area contributed by atoms with Crippen LogP contribution in [0.1, 0.15) is 11.4 Å². The molecule has 28 heavy (non-hydrogen) atoms. The quantitative estimate of drug-likeness (QED) is 0.660. The maximum absolute atomic E-state index is 12.5. The van der Waals surface area contributed by atoms with Crippen molar-refractivity contribution in [3.8, 4) is 5.82 Å². The van der Waals surface area contributed by atoms with Gasteiger partial charge in [-0.05, 0) is 30.7 Å². The van der Waals surface area contributed by atoms with Crippen LogP contribution in [-0.2, 0) is 4.79 Å². The van der Waals surface area contributed by atoms with E-state index in [4.69, 9.17) is 0 Å². The van der Waals surface area contributed by atoms with E-state index >= 15 is 0 Å². The van der Waals surface area contributed by atoms with Crippen LogP contribution >= 0.6 is 0 Å². The Bertz CT molecular complexity index is 958. The Kier molecular flexibility index (Phi) is 5.19. The van der Waals surface area contributed by atoms with Crippen LogP contribution in [0.5, 0.6) is 0 Å². The zero-order chi connectivity index (χ0) is 19.3. The number of benzene rings is 1. The minimum Gasteiger partial charge on any atom is -0.353 e. The number of carbonyl (C=O) groups excluding carboxylic acids is 1. The molecule has 3 heterocycles. The fourth-order valence-electron chi connectivity index (χ4n) is 3.31. The first-order valence-electron chi connectivity index (χ1n) is 9.45. The van der Waals surface area contributed by atoms with Crippen LogP contribution in [0, 0.1) is 6.92 Å². The molecule has 0 N–H and O–H groups in total. The SMILES string of the molecule is Cc1nc(N2CCN(C(=O)/C=C/c3ccccc3)CC2)cc(-n2cccc2)n1. The zero-order valence-electron chi connectivity index (χ0n) is 15.9. The van der Waals surface area contributed by atoms with E-state index < -0.39 is 0 Å². The van der Waals surface area contributed by atoms with Gasteiger partial charge in [0.15, 0.2) is 0 Å². The topological polar surface area (TPSA) is 54.3 Å². The number of rotatable bonds is 4. The van der Waals surface area contributed by atoms with Crippen LogP contribution in [0.15, 0.2) is 67.0 Å². The predicted molar refractivity (Wildman–Crippen MR) is 110 cm³/mol. The third kappa shape index (κ3) is 4.11. The van der Waals surface area contributed by atoms with Gasteiger partial charge in [-0.3, -0.25) is 4.79 Å². The maximum Gasteiger partial charge on any atom is 0.246 e. The summed E-state index contributed by atoms with van der Waals surface area (Å²) in [6, 6.07) is 15.8. The van der Waals surface area contributed by atoms with Crippen LogP contribution in [0.3, 0.4) is 0 Å². The molecule has 6 heteroatoms. The van der Waals surface area contributed by atoms with Crippen molar-refractivity contribution in [3.05, 3.63) is 78.4 Å². The fourth-order valence-corrected chi connectivity index (χ4v) is 3.31. The summed E-state index contributed by atoms with van der Waals surface area (Å²) in [7, 11) is 0. The van der Waals surface area contributed by atoms with Crippen molar-refractivity contribution in [3.63, 3.8) is 0 Å². The monoisotopic (exact) mass is 373 g/mol. The highest BCUT2D eigenvalue weighted by molar-refractivity contribution is 5.91. The molecule has 0 radical (unpaired) electrons. The lowest BCUT2D eigenvalue weighted by atomic mass is 10.2. The van der Waals surface area contributed by atoms with Gasteiger partial charge in [-0.1, -0.05) is 30.3 Å². The summed E-state index contributed by atoms with van der Waals surface area (Å²) >= 11 is 0. The van der Waals surface area contributed by atoms with E-state index in [-0.39, 0.29) is 5.91 Å². The molecule has 1 aliphatic heterocycles. The summed E-state index contributed by atoms with van der Waals surface area (Å²) in [6.07, 6.45) is 7.47. The first-order valence-corrected chi connectivity index (χ1v) is 9.45. The molecule has 1 saturated heterocycles. The molecule has 0 spiro atoms. The molecule has 1 amide bonds. The molecule has 2 aromatic heterocycles. The molecule has 142 valence electrons. The van der Waals surface area contributed by atoms with Gasteiger partial charge in [0.05, 0.1) is 0 Å². The van der Waals surface area contributed by atoms with E-state index in [1.807, 2.05) is 83.4 Å². The average Bonchev–Trinajstić information content (AvgIpc) is 3.27. The number of amides is 1. The third-order valence-electron chi connectivity index (χ3n) is 4.81. The van der Waals surface area contributed by atoms with E-state index in [2.05, 4.69) is 14.9 Å². The largest absolute Gasteiger partial charge is 0.353 e. The third-order valence-corrected chi connectivity index (χ3v) is 4.81. The molecular formula is C22H23N5O. The summed E-state index contributed by atoms with van der Waals surface area (Å²) in [4.78, 5) is 25.7. The molecule has 4 rings (SSSR count). The van der Waals surface area contributed by atoms with Crippen molar-refractivity contribution in [2.24, 2.45) is 0 Å². The molecule has 1 fully saturated rings. The van der Waals surface area contributed by atoms with E-state index in [9.17, 15) is 4.79 Å². The predicted octanol–water partition coefficient (Wildman–Crippen LogP) is 2.94. The molecule has 0 atom stereocenters. The lowest BCUT2D eigenvalue weighted by Crippen LogP contribution is -2.48. The number of hydrogen-bond donors (Lipinski definition) is 0. The van der Waals surface area contributed by atoms with Crippen molar-refractivity contribution in [2.45, 2.75) is 6.92 Å². The fraction of sp³-hybridized carbons (Fsp3) is 0.227. The maximum atomic E-state index is 12.5.